The number of imidazole rings is 1. The van der Waals surface area contributed by atoms with E-state index in [-0.39, 0.29) is 31.1 Å². The van der Waals surface area contributed by atoms with E-state index in [9.17, 15) is 10.1 Å². The van der Waals surface area contributed by atoms with Gasteiger partial charge in [-0.25, -0.2) is 0 Å². The highest BCUT2D eigenvalue weighted by atomic mass is 16.6. The van der Waals surface area contributed by atoms with Crippen LogP contribution in [0.4, 0.5) is 5.82 Å². The smallest absolute Gasteiger partial charge is 0.414 e. The molecule has 1 aliphatic rings. The van der Waals surface area contributed by atoms with Gasteiger partial charge in [-0.15, -0.1) is 15.0 Å². The number of tetrazole rings is 1. The Kier molecular flexibility index (Phi) is 3.82. The molecule has 128 valence electrons. The van der Waals surface area contributed by atoms with Crippen LogP contribution in [0.1, 0.15) is 5.82 Å². The molecule has 1 aromatic carbocycles. The zero-order valence-electron chi connectivity index (χ0n) is 12.9. The third-order valence-corrected chi connectivity index (χ3v) is 3.60. The van der Waals surface area contributed by atoms with Crippen molar-refractivity contribution in [2.75, 3.05) is 6.61 Å². The average molecular weight is 343 g/mol. The van der Waals surface area contributed by atoms with Gasteiger partial charge in [0.25, 0.3) is 0 Å². The SMILES string of the molecule is O=[N+]([O-])c1cn2c(n1)OC[C@@H](OCc1nnn(-c3ccccc3)n1)C2. The molecule has 0 bridgehead atoms. The number of para-hydroxylation sites is 1. The first-order chi connectivity index (χ1) is 12.2. The summed E-state index contributed by atoms with van der Waals surface area (Å²) in [6.45, 7) is 0.816. The lowest BCUT2D eigenvalue weighted by Gasteiger charge is -2.21. The molecule has 0 saturated heterocycles. The minimum Gasteiger partial charge on any atom is -0.443 e. The summed E-state index contributed by atoms with van der Waals surface area (Å²) in [6.07, 6.45) is 1.04. The summed E-state index contributed by atoms with van der Waals surface area (Å²) in [6, 6.07) is 9.64. The standard InChI is InChI=1S/C14H13N7O4/c22-21(23)13-7-19-6-11(8-25-14(19)15-13)24-9-12-16-18-20(17-12)10-4-2-1-3-5-10/h1-5,7,11H,6,8-9H2/t11-/m0/s1. The summed E-state index contributed by atoms with van der Waals surface area (Å²) in [5, 5.41) is 22.9. The van der Waals surface area contributed by atoms with E-state index in [2.05, 4.69) is 20.4 Å². The molecule has 0 radical (unpaired) electrons. The van der Waals surface area contributed by atoms with E-state index in [1.807, 2.05) is 30.3 Å². The van der Waals surface area contributed by atoms with E-state index in [1.165, 1.54) is 11.0 Å². The Bertz CT molecular complexity index is 892. The number of hydrogen-bond acceptors (Lipinski definition) is 8. The molecule has 0 fully saturated rings. The number of nitro groups is 1. The second kappa shape index (κ2) is 6.28. The molecule has 1 atom stereocenters. The molecule has 1 aliphatic heterocycles. The molecule has 4 rings (SSSR count). The first kappa shape index (κ1) is 15.2. The fourth-order valence-corrected chi connectivity index (χ4v) is 2.42. The van der Waals surface area contributed by atoms with Crippen molar-refractivity contribution in [1.82, 2.24) is 29.8 Å². The zero-order chi connectivity index (χ0) is 17.2. The molecule has 3 heterocycles. The highest BCUT2D eigenvalue weighted by molar-refractivity contribution is 5.27. The molecule has 3 aromatic rings. The van der Waals surface area contributed by atoms with Gasteiger partial charge in [-0.3, -0.25) is 4.57 Å². The van der Waals surface area contributed by atoms with Crippen molar-refractivity contribution in [3.05, 3.63) is 52.5 Å². The van der Waals surface area contributed by atoms with E-state index in [0.717, 1.165) is 5.69 Å². The quantitative estimate of drug-likeness (QED) is 0.491. The summed E-state index contributed by atoms with van der Waals surface area (Å²) >= 11 is 0. The van der Waals surface area contributed by atoms with E-state index in [0.29, 0.717) is 12.4 Å². The molecule has 0 saturated carbocycles. The van der Waals surface area contributed by atoms with Crippen molar-refractivity contribution >= 4 is 5.82 Å². The number of nitrogens with zero attached hydrogens (tertiary/aromatic N) is 7. The second-order valence-electron chi connectivity index (χ2n) is 5.37. The van der Waals surface area contributed by atoms with E-state index < -0.39 is 4.92 Å². The molecule has 0 spiro atoms. The minimum atomic E-state index is -0.559. The lowest BCUT2D eigenvalue weighted by atomic mass is 10.3. The summed E-state index contributed by atoms with van der Waals surface area (Å²) < 4.78 is 12.7. The fourth-order valence-electron chi connectivity index (χ4n) is 2.42. The Labute approximate surface area is 141 Å². The predicted octanol–water partition coefficient (Wildman–Crippen LogP) is 0.745. The highest BCUT2D eigenvalue weighted by Gasteiger charge is 2.28. The third kappa shape index (κ3) is 3.17. The van der Waals surface area contributed by atoms with E-state index >= 15 is 0 Å². The Hall–Kier alpha value is -3.34. The maximum Gasteiger partial charge on any atom is 0.414 e. The topological polar surface area (TPSA) is 123 Å². The Balaban J connectivity index is 1.38. The van der Waals surface area contributed by atoms with Crippen molar-refractivity contribution in [2.45, 2.75) is 19.3 Å². The molecule has 25 heavy (non-hydrogen) atoms. The maximum atomic E-state index is 10.7. The van der Waals surface area contributed by atoms with Crippen LogP contribution in [0.3, 0.4) is 0 Å². The van der Waals surface area contributed by atoms with Crippen LogP contribution in [0.5, 0.6) is 6.01 Å². The van der Waals surface area contributed by atoms with Crippen LogP contribution in [-0.2, 0) is 17.9 Å². The molecular weight excluding hydrogens is 330 g/mol. The molecule has 0 amide bonds. The van der Waals surface area contributed by atoms with Crippen molar-refractivity contribution in [3.63, 3.8) is 0 Å². The summed E-state index contributed by atoms with van der Waals surface area (Å²) in [7, 11) is 0. The van der Waals surface area contributed by atoms with Gasteiger partial charge in [-0.05, 0) is 22.3 Å². The normalized spacial score (nSPS) is 16.2. The first-order valence-electron chi connectivity index (χ1n) is 7.49. The van der Waals surface area contributed by atoms with Crippen molar-refractivity contribution < 1.29 is 14.4 Å². The van der Waals surface area contributed by atoms with Crippen LogP contribution >= 0.6 is 0 Å². The Morgan fingerprint density at radius 3 is 3.00 bits per heavy atom. The van der Waals surface area contributed by atoms with E-state index in [1.54, 1.807) is 4.57 Å². The fraction of sp³-hybridized carbons (Fsp3) is 0.286. The summed E-state index contributed by atoms with van der Waals surface area (Å²) in [5.74, 6) is 0.189. The molecule has 0 N–H and O–H groups in total. The van der Waals surface area contributed by atoms with Gasteiger partial charge in [0.05, 0.1) is 12.2 Å². The number of fused-ring (bicyclic) bond motifs is 1. The van der Waals surface area contributed by atoms with Gasteiger partial charge >= 0.3 is 11.8 Å². The van der Waals surface area contributed by atoms with Gasteiger partial charge in [0.1, 0.15) is 25.5 Å². The first-order valence-corrected chi connectivity index (χ1v) is 7.49. The van der Waals surface area contributed by atoms with Gasteiger partial charge in [0.15, 0.2) is 0 Å². The molecule has 11 nitrogen and oxygen atoms in total. The second-order valence-corrected chi connectivity index (χ2v) is 5.37. The summed E-state index contributed by atoms with van der Waals surface area (Å²) in [5.41, 5.74) is 0.803. The van der Waals surface area contributed by atoms with Crippen LogP contribution in [0, 0.1) is 10.1 Å². The van der Waals surface area contributed by atoms with Crippen LogP contribution < -0.4 is 4.74 Å². The lowest BCUT2D eigenvalue weighted by Crippen LogP contribution is -2.32. The molecule has 2 aromatic heterocycles. The predicted molar refractivity (Wildman–Crippen MR) is 82.1 cm³/mol. The third-order valence-electron chi connectivity index (χ3n) is 3.60. The van der Waals surface area contributed by atoms with Gasteiger partial charge in [0.2, 0.25) is 5.82 Å². The van der Waals surface area contributed by atoms with Crippen LogP contribution in [0.2, 0.25) is 0 Å². The summed E-state index contributed by atoms with van der Waals surface area (Å²) in [4.78, 5) is 15.4. The largest absolute Gasteiger partial charge is 0.443 e. The van der Waals surface area contributed by atoms with Crippen LogP contribution in [-0.4, -0.2) is 47.4 Å². The van der Waals surface area contributed by atoms with Crippen LogP contribution in [0.25, 0.3) is 5.69 Å². The number of aromatic nitrogens is 6. The van der Waals surface area contributed by atoms with Gasteiger partial charge in [0, 0.05) is 4.98 Å². The number of rotatable bonds is 5. The average Bonchev–Trinajstić information content (AvgIpc) is 3.27. The number of hydrogen-bond donors (Lipinski definition) is 0. The van der Waals surface area contributed by atoms with Crippen molar-refractivity contribution in [1.29, 1.82) is 0 Å². The van der Waals surface area contributed by atoms with Crippen molar-refractivity contribution in [3.8, 4) is 11.7 Å². The van der Waals surface area contributed by atoms with Gasteiger partial charge in [-0.1, -0.05) is 18.2 Å². The maximum absolute atomic E-state index is 10.7. The monoisotopic (exact) mass is 343 g/mol. The van der Waals surface area contributed by atoms with Crippen LogP contribution in [0.15, 0.2) is 36.5 Å². The van der Waals surface area contributed by atoms with Gasteiger partial charge in [-0.2, -0.15) is 0 Å². The highest BCUT2D eigenvalue weighted by Crippen LogP contribution is 2.22. The minimum absolute atomic E-state index is 0.160. The molecular formula is C14H13N7O4. The van der Waals surface area contributed by atoms with Crippen molar-refractivity contribution in [2.24, 2.45) is 0 Å². The molecule has 0 aliphatic carbocycles. The molecule has 0 unspecified atom stereocenters. The zero-order valence-corrected chi connectivity index (χ0v) is 12.9. The lowest BCUT2D eigenvalue weighted by molar-refractivity contribution is -0.389. The van der Waals surface area contributed by atoms with Gasteiger partial charge < -0.3 is 19.6 Å². The van der Waals surface area contributed by atoms with E-state index in [4.69, 9.17) is 9.47 Å². The Morgan fingerprint density at radius 2 is 2.20 bits per heavy atom. The number of benzene rings is 1. The Morgan fingerprint density at radius 1 is 1.36 bits per heavy atom. The molecule has 11 heteroatoms. The number of ether oxygens (including phenoxy) is 2.